The van der Waals surface area contributed by atoms with Crippen molar-refractivity contribution in [1.82, 2.24) is 5.32 Å². The Morgan fingerprint density at radius 2 is 1.81 bits per heavy atom. The summed E-state index contributed by atoms with van der Waals surface area (Å²) in [5, 5.41) is 3.63. The molecule has 1 saturated carbocycles. The van der Waals surface area contributed by atoms with Crippen molar-refractivity contribution in [2.75, 3.05) is 6.54 Å². The van der Waals surface area contributed by atoms with Crippen LogP contribution in [0, 0.1) is 23.5 Å². The first-order valence-corrected chi connectivity index (χ1v) is 8.30. The van der Waals surface area contributed by atoms with Crippen LogP contribution in [0.5, 0.6) is 0 Å². The molecule has 0 aliphatic heterocycles. The Morgan fingerprint density at radius 3 is 2.43 bits per heavy atom. The molecule has 0 heterocycles. The van der Waals surface area contributed by atoms with Gasteiger partial charge in [-0.05, 0) is 68.2 Å². The van der Waals surface area contributed by atoms with Gasteiger partial charge in [-0.3, -0.25) is 0 Å². The minimum absolute atomic E-state index is 0.467. The van der Waals surface area contributed by atoms with Gasteiger partial charge in [-0.1, -0.05) is 20.3 Å². The van der Waals surface area contributed by atoms with Crippen molar-refractivity contribution < 1.29 is 8.78 Å². The lowest BCUT2D eigenvalue weighted by Gasteiger charge is -2.37. The molecular weight excluding hydrogens is 268 g/mol. The molecule has 1 aliphatic rings. The second-order valence-corrected chi connectivity index (χ2v) is 6.39. The van der Waals surface area contributed by atoms with Gasteiger partial charge in [0.2, 0.25) is 0 Å². The van der Waals surface area contributed by atoms with E-state index in [1.807, 2.05) is 0 Å². The Labute approximate surface area is 127 Å². The van der Waals surface area contributed by atoms with Crippen LogP contribution in [0.2, 0.25) is 0 Å². The molecule has 1 aromatic rings. The zero-order valence-electron chi connectivity index (χ0n) is 13.2. The summed E-state index contributed by atoms with van der Waals surface area (Å²) in [7, 11) is 0. The Hall–Kier alpha value is -0.960. The summed E-state index contributed by atoms with van der Waals surface area (Å²) in [5.74, 6) is 0.307. The minimum Gasteiger partial charge on any atom is -0.314 e. The van der Waals surface area contributed by atoms with Crippen LogP contribution in [0.1, 0.15) is 51.5 Å². The van der Waals surface area contributed by atoms with Crippen LogP contribution >= 0.6 is 0 Å². The van der Waals surface area contributed by atoms with Gasteiger partial charge in [-0.2, -0.15) is 0 Å². The number of rotatable bonds is 6. The SMILES string of the molecule is CCCNC1CCC(CC)CC1Cc1cc(F)cc(F)c1. The minimum atomic E-state index is -0.467. The highest BCUT2D eigenvalue weighted by Crippen LogP contribution is 2.33. The monoisotopic (exact) mass is 295 g/mol. The first-order chi connectivity index (χ1) is 10.1. The maximum absolute atomic E-state index is 13.4. The predicted octanol–water partition coefficient (Wildman–Crippen LogP) is 4.70. The third kappa shape index (κ3) is 4.77. The lowest BCUT2D eigenvalue weighted by atomic mass is 9.74. The van der Waals surface area contributed by atoms with Crippen LogP contribution in [0.3, 0.4) is 0 Å². The van der Waals surface area contributed by atoms with E-state index in [1.54, 1.807) is 0 Å². The highest BCUT2D eigenvalue weighted by molar-refractivity contribution is 5.19. The Balaban J connectivity index is 2.07. The zero-order valence-corrected chi connectivity index (χ0v) is 13.2. The molecule has 1 nitrogen and oxygen atoms in total. The normalized spacial score (nSPS) is 26.0. The van der Waals surface area contributed by atoms with Gasteiger partial charge in [0.1, 0.15) is 11.6 Å². The molecular formula is C18H27F2N. The molecule has 3 heteroatoms. The molecule has 1 aliphatic carbocycles. The van der Waals surface area contributed by atoms with E-state index in [2.05, 4.69) is 19.2 Å². The molecule has 0 aromatic heterocycles. The third-order valence-electron chi connectivity index (χ3n) is 4.75. The summed E-state index contributed by atoms with van der Waals surface area (Å²) in [5.41, 5.74) is 0.789. The van der Waals surface area contributed by atoms with E-state index < -0.39 is 11.6 Å². The lowest BCUT2D eigenvalue weighted by Crippen LogP contribution is -2.42. The molecule has 2 rings (SSSR count). The van der Waals surface area contributed by atoms with E-state index in [4.69, 9.17) is 0 Å². The maximum atomic E-state index is 13.4. The van der Waals surface area contributed by atoms with Crippen LogP contribution in [0.15, 0.2) is 18.2 Å². The number of nitrogens with one attached hydrogen (secondary N) is 1. The summed E-state index contributed by atoms with van der Waals surface area (Å²) in [6, 6.07) is 4.40. The lowest BCUT2D eigenvalue weighted by molar-refractivity contribution is 0.198. The van der Waals surface area contributed by atoms with Crippen LogP contribution in [0.4, 0.5) is 8.78 Å². The third-order valence-corrected chi connectivity index (χ3v) is 4.75. The molecule has 118 valence electrons. The van der Waals surface area contributed by atoms with Crippen molar-refractivity contribution in [2.45, 2.75) is 58.4 Å². The highest BCUT2D eigenvalue weighted by Gasteiger charge is 2.29. The van der Waals surface area contributed by atoms with E-state index >= 15 is 0 Å². The van der Waals surface area contributed by atoms with E-state index in [9.17, 15) is 8.78 Å². The van der Waals surface area contributed by atoms with E-state index in [-0.39, 0.29) is 0 Å². The molecule has 1 aromatic carbocycles. The van der Waals surface area contributed by atoms with Gasteiger partial charge in [-0.25, -0.2) is 8.78 Å². The fourth-order valence-corrected chi connectivity index (χ4v) is 3.59. The predicted molar refractivity (Wildman–Crippen MR) is 83.3 cm³/mol. The summed E-state index contributed by atoms with van der Waals surface area (Å²) >= 11 is 0. The van der Waals surface area contributed by atoms with Crippen molar-refractivity contribution in [3.63, 3.8) is 0 Å². The average molecular weight is 295 g/mol. The fourth-order valence-electron chi connectivity index (χ4n) is 3.59. The van der Waals surface area contributed by atoms with Gasteiger partial charge < -0.3 is 5.32 Å². The van der Waals surface area contributed by atoms with Gasteiger partial charge in [0.05, 0.1) is 0 Å². The largest absolute Gasteiger partial charge is 0.314 e. The van der Waals surface area contributed by atoms with Crippen LogP contribution < -0.4 is 5.32 Å². The topological polar surface area (TPSA) is 12.0 Å². The first kappa shape index (κ1) is 16.4. The number of hydrogen-bond donors (Lipinski definition) is 1. The molecule has 3 atom stereocenters. The fraction of sp³-hybridized carbons (Fsp3) is 0.667. The van der Waals surface area contributed by atoms with Gasteiger partial charge in [0.25, 0.3) is 0 Å². The summed E-state index contributed by atoms with van der Waals surface area (Å²) in [6.45, 7) is 5.43. The first-order valence-electron chi connectivity index (χ1n) is 8.30. The van der Waals surface area contributed by atoms with Crippen LogP contribution in [-0.4, -0.2) is 12.6 Å². The van der Waals surface area contributed by atoms with Gasteiger partial charge >= 0.3 is 0 Å². The Morgan fingerprint density at radius 1 is 1.10 bits per heavy atom. The number of hydrogen-bond acceptors (Lipinski definition) is 1. The smallest absolute Gasteiger partial charge is 0.126 e. The van der Waals surface area contributed by atoms with E-state index in [1.165, 1.54) is 31.4 Å². The van der Waals surface area contributed by atoms with Crippen LogP contribution in [-0.2, 0) is 6.42 Å². The summed E-state index contributed by atoms with van der Waals surface area (Å²) in [4.78, 5) is 0. The van der Waals surface area contributed by atoms with Crippen molar-refractivity contribution in [3.8, 4) is 0 Å². The highest BCUT2D eigenvalue weighted by atomic mass is 19.1. The van der Waals surface area contributed by atoms with Gasteiger partial charge in [-0.15, -0.1) is 0 Å². The summed E-state index contributed by atoms with van der Waals surface area (Å²) in [6.07, 6.45) is 6.71. The quantitative estimate of drug-likeness (QED) is 0.802. The Kier molecular flexibility index (Phi) is 6.16. The molecule has 1 fully saturated rings. The maximum Gasteiger partial charge on any atom is 0.126 e. The van der Waals surface area contributed by atoms with Crippen molar-refractivity contribution in [3.05, 3.63) is 35.4 Å². The molecule has 0 saturated heterocycles. The van der Waals surface area contributed by atoms with Gasteiger partial charge in [0, 0.05) is 12.1 Å². The van der Waals surface area contributed by atoms with Crippen molar-refractivity contribution in [1.29, 1.82) is 0 Å². The zero-order chi connectivity index (χ0) is 15.2. The number of benzene rings is 1. The van der Waals surface area contributed by atoms with Crippen molar-refractivity contribution in [2.24, 2.45) is 11.8 Å². The second kappa shape index (κ2) is 7.88. The molecule has 1 N–H and O–H groups in total. The summed E-state index contributed by atoms with van der Waals surface area (Å²) < 4.78 is 26.7. The van der Waals surface area contributed by atoms with E-state index in [0.717, 1.165) is 43.4 Å². The molecule has 0 radical (unpaired) electrons. The standard InChI is InChI=1S/C18H27F2N/c1-3-7-21-18-6-5-13(4-2)8-15(18)9-14-10-16(19)12-17(20)11-14/h10-13,15,18,21H,3-9H2,1-2H3. The molecule has 0 bridgehead atoms. The van der Waals surface area contributed by atoms with Crippen LogP contribution in [0.25, 0.3) is 0 Å². The Bertz CT molecular complexity index is 427. The number of halogens is 2. The molecule has 3 unspecified atom stereocenters. The van der Waals surface area contributed by atoms with Gasteiger partial charge in [0.15, 0.2) is 0 Å². The molecule has 0 amide bonds. The second-order valence-electron chi connectivity index (χ2n) is 6.39. The van der Waals surface area contributed by atoms with Crippen molar-refractivity contribution >= 4 is 0 Å². The van der Waals surface area contributed by atoms with E-state index in [0.29, 0.717) is 12.0 Å². The molecule has 0 spiro atoms. The average Bonchev–Trinajstić information content (AvgIpc) is 2.44. The molecule has 21 heavy (non-hydrogen) atoms.